The minimum atomic E-state index is -3.46. The zero-order valence-corrected chi connectivity index (χ0v) is 17.3. The summed E-state index contributed by atoms with van der Waals surface area (Å²) in [6, 6.07) is 10.0. The molecule has 0 saturated heterocycles. The van der Waals surface area contributed by atoms with E-state index in [4.69, 9.17) is 9.26 Å². The predicted octanol–water partition coefficient (Wildman–Crippen LogP) is 2.15. The molecular weight excluding hydrogens is 408 g/mol. The van der Waals surface area contributed by atoms with Crippen molar-refractivity contribution in [1.29, 1.82) is 0 Å². The highest BCUT2D eigenvalue weighted by molar-refractivity contribution is 7.89. The molecule has 0 spiro atoms. The van der Waals surface area contributed by atoms with Crippen LogP contribution in [0.2, 0.25) is 0 Å². The Hall–Kier alpha value is -3.11. The second kappa shape index (κ2) is 10.1. The standard InChI is InChI=1S/C20H22N4O5S/c1-21-30(26,27)17-9-6-15(7-10-17)8-11-19(25)28-13-3-5-18-23-20(24-29-18)16-4-2-12-22-14-16/h2,4,6-7,9-10,12,14,21H,3,5,8,11,13H2,1H3. The van der Waals surface area contributed by atoms with E-state index < -0.39 is 10.0 Å². The molecule has 0 bridgehead atoms. The number of sulfonamides is 1. The average molecular weight is 430 g/mol. The van der Waals surface area contributed by atoms with Crippen molar-refractivity contribution < 1.29 is 22.5 Å². The van der Waals surface area contributed by atoms with Crippen LogP contribution < -0.4 is 4.72 Å². The van der Waals surface area contributed by atoms with Crippen molar-refractivity contribution in [2.45, 2.75) is 30.6 Å². The van der Waals surface area contributed by atoms with Crippen LogP contribution in [0.5, 0.6) is 0 Å². The summed E-state index contributed by atoms with van der Waals surface area (Å²) in [6.45, 7) is 0.253. The predicted molar refractivity (Wildman–Crippen MR) is 108 cm³/mol. The van der Waals surface area contributed by atoms with Gasteiger partial charge in [-0.2, -0.15) is 4.98 Å². The number of rotatable bonds is 10. The number of nitrogens with one attached hydrogen (secondary N) is 1. The normalized spacial score (nSPS) is 11.4. The second-order valence-corrected chi connectivity index (χ2v) is 8.32. The molecule has 0 amide bonds. The molecule has 158 valence electrons. The topological polar surface area (TPSA) is 124 Å². The maximum Gasteiger partial charge on any atom is 0.306 e. The molecule has 0 fully saturated rings. The van der Waals surface area contributed by atoms with Crippen LogP contribution in [0.4, 0.5) is 0 Å². The Morgan fingerprint density at radius 1 is 1.17 bits per heavy atom. The van der Waals surface area contributed by atoms with Crippen molar-refractivity contribution >= 4 is 16.0 Å². The summed E-state index contributed by atoms with van der Waals surface area (Å²) in [5.74, 6) is 0.633. The van der Waals surface area contributed by atoms with Gasteiger partial charge >= 0.3 is 5.97 Å². The fraction of sp³-hybridized carbons (Fsp3) is 0.300. The molecule has 0 aliphatic carbocycles. The van der Waals surface area contributed by atoms with E-state index in [-0.39, 0.29) is 23.9 Å². The summed E-state index contributed by atoms with van der Waals surface area (Å²) in [5.41, 5.74) is 1.63. The number of aryl methyl sites for hydroxylation is 2. The quantitative estimate of drug-likeness (QED) is 0.383. The Bertz CT molecular complexity index is 1070. The number of hydrogen-bond acceptors (Lipinski definition) is 8. The van der Waals surface area contributed by atoms with Gasteiger partial charge < -0.3 is 9.26 Å². The van der Waals surface area contributed by atoms with Crippen LogP contribution >= 0.6 is 0 Å². The smallest absolute Gasteiger partial charge is 0.306 e. The molecule has 10 heteroatoms. The zero-order valence-electron chi connectivity index (χ0n) is 16.4. The molecule has 0 aliphatic rings. The van der Waals surface area contributed by atoms with Crippen LogP contribution in [0.1, 0.15) is 24.3 Å². The highest BCUT2D eigenvalue weighted by atomic mass is 32.2. The Labute approximate surface area is 174 Å². The van der Waals surface area contributed by atoms with Crippen LogP contribution in [-0.2, 0) is 32.4 Å². The van der Waals surface area contributed by atoms with Crippen molar-refractivity contribution in [3.05, 3.63) is 60.2 Å². The lowest BCUT2D eigenvalue weighted by Gasteiger charge is -2.06. The monoisotopic (exact) mass is 430 g/mol. The first-order chi connectivity index (χ1) is 14.5. The molecule has 1 aromatic carbocycles. The van der Waals surface area contributed by atoms with Crippen molar-refractivity contribution in [2.24, 2.45) is 0 Å². The Morgan fingerprint density at radius 2 is 1.97 bits per heavy atom. The highest BCUT2D eigenvalue weighted by Crippen LogP contribution is 2.15. The summed E-state index contributed by atoms with van der Waals surface area (Å²) >= 11 is 0. The molecule has 0 radical (unpaired) electrons. The van der Waals surface area contributed by atoms with E-state index >= 15 is 0 Å². The van der Waals surface area contributed by atoms with E-state index in [0.717, 1.165) is 11.1 Å². The highest BCUT2D eigenvalue weighted by Gasteiger charge is 2.12. The zero-order chi connectivity index (χ0) is 21.4. The van der Waals surface area contributed by atoms with E-state index in [1.807, 2.05) is 6.07 Å². The number of esters is 1. The fourth-order valence-electron chi connectivity index (χ4n) is 2.65. The maximum absolute atomic E-state index is 11.9. The van der Waals surface area contributed by atoms with Gasteiger partial charge in [0, 0.05) is 30.8 Å². The van der Waals surface area contributed by atoms with Crippen molar-refractivity contribution in [3.8, 4) is 11.4 Å². The van der Waals surface area contributed by atoms with Crippen molar-refractivity contribution in [2.75, 3.05) is 13.7 Å². The van der Waals surface area contributed by atoms with Crippen LogP contribution in [0, 0.1) is 0 Å². The minimum Gasteiger partial charge on any atom is -0.466 e. The molecule has 0 saturated carbocycles. The number of pyridine rings is 1. The first kappa shape index (κ1) is 21.6. The number of aromatic nitrogens is 3. The first-order valence-electron chi connectivity index (χ1n) is 9.39. The third-order valence-corrected chi connectivity index (χ3v) is 5.74. The van der Waals surface area contributed by atoms with Gasteiger partial charge in [-0.25, -0.2) is 13.1 Å². The Kier molecular flexibility index (Phi) is 7.26. The molecule has 1 N–H and O–H groups in total. The summed E-state index contributed by atoms with van der Waals surface area (Å²) in [5, 5.41) is 3.91. The lowest BCUT2D eigenvalue weighted by Crippen LogP contribution is -2.18. The van der Waals surface area contributed by atoms with Crippen LogP contribution in [0.25, 0.3) is 11.4 Å². The molecule has 2 heterocycles. The van der Waals surface area contributed by atoms with Gasteiger partial charge in [0.1, 0.15) is 0 Å². The van der Waals surface area contributed by atoms with Gasteiger partial charge in [-0.05, 0) is 49.7 Å². The summed E-state index contributed by atoms with van der Waals surface area (Å²) in [4.78, 5) is 20.4. The van der Waals surface area contributed by atoms with Crippen LogP contribution in [0.3, 0.4) is 0 Å². The third-order valence-electron chi connectivity index (χ3n) is 4.31. The number of hydrogen-bond donors (Lipinski definition) is 1. The van der Waals surface area contributed by atoms with E-state index in [1.165, 1.54) is 19.2 Å². The van der Waals surface area contributed by atoms with Gasteiger partial charge in [-0.1, -0.05) is 17.3 Å². The average Bonchev–Trinajstić information content (AvgIpc) is 3.25. The lowest BCUT2D eigenvalue weighted by atomic mass is 10.1. The number of benzene rings is 1. The Morgan fingerprint density at radius 3 is 2.67 bits per heavy atom. The van der Waals surface area contributed by atoms with Gasteiger partial charge in [-0.3, -0.25) is 9.78 Å². The molecule has 3 aromatic rings. The van der Waals surface area contributed by atoms with E-state index in [2.05, 4.69) is 19.8 Å². The van der Waals surface area contributed by atoms with Crippen molar-refractivity contribution in [3.63, 3.8) is 0 Å². The number of nitrogens with zero attached hydrogens (tertiary/aromatic N) is 3. The molecular formula is C20H22N4O5S. The Balaban J connectivity index is 1.37. The van der Waals surface area contributed by atoms with Crippen molar-refractivity contribution in [1.82, 2.24) is 19.8 Å². The number of carbonyl (C=O) groups is 1. The molecule has 3 rings (SSSR count). The minimum absolute atomic E-state index is 0.184. The molecule has 2 aromatic heterocycles. The summed E-state index contributed by atoms with van der Waals surface area (Å²) in [6.07, 6.45) is 5.07. The third kappa shape index (κ3) is 5.94. The number of carbonyl (C=O) groups excluding carboxylic acids is 1. The summed E-state index contributed by atoms with van der Waals surface area (Å²) < 4.78 is 36.1. The molecule has 0 aliphatic heterocycles. The van der Waals surface area contributed by atoms with E-state index in [1.54, 1.807) is 30.6 Å². The molecule has 30 heavy (non-hydrogen) atoms. The van der Waals surface area contributed by atoms with Gasteiger partial charge in [-0.15, -0.1) is 0 Å². The molecule has 0 atom stereocenters. The molecule has 9 nitrogen and oxygen atoms in total. The van der Waals surface area contributed by atoms with Gasteiger partial charge in [0.25, 0.3) is 0 Å². The summed E-state index contributed by atoms with van der Waals surface area (Å²) in [7, 11) is -2.10. The molecule has 0 unspecified atom stereocenters. The fourth-order valence-corrected chi connectivity index (χ4v) is 3.38. The van der Waals surface area contributed by atoms with Gasteiger partial charge in [0.05, 0.1) is 11.5 Å². The van der Waals surface area contributed by atoms with Crippen LogP contribution in [0.15, 0.2) is 58.2 Å². The SMILES string of the molecule is CNS(=O)(=O)c1ccc(CCC(=O)OCCCc2nc(-c3cccnc3)no2)cc1. The number of ether oxygens (including phenoxy) is 1. The van der Waals surface area contributed by atoms with Crippen LogP contribution in [-0.4, -0.2) is 43.2 Å². The largest absolute Gasteiger partial charge is 0.466 e. The second-order valence-electron chi connectivity index (χ2n) is 6.43. The van der Waals surface area contributed by atoms with Gasteiger partial charge in [0.2, 0.25) is 21.7 Å². The van der Waals surface area contributed by atoms with E-state index in [0.29, 0.717) is 31.0 Å². The van der Waals surface area contributed by atoms with Gasteiger partial charge in [0.15, 0.2) is 0 Å². The first-order valence-corrected chi connectivity index (χ1v) is 10.9. The maximum atomic E-state index is 11.9. The van der Waals surface area contributed by atoms with E-state index in [9.17, 15) is 13.2 Å². The lowest BCUT2D eigenvalue weighted by molar-refractivity contribution is -0.143.